The largest absolute Gasteiger partial charge is 0.545 e. The Hall–Kier alpha value is -3.01. The first-order valence-corrected chi connectivity index (χ1v) is 31.4. The fourth-order valence-corrected chi connectivity index (χ4v) is 8.94. The summed E-state index contributed by atoms with van der Waals surface area (Å²) in [5, 5.41) is 11.8. The van der Waals surface area contributed by atoms with Crippen molar-refractivity contribution < 1.29 is 42.9 Å². The van der Waals surface area contributed by atoms with Gasteiger partial charge < -0.3 is 33.3 Å². The van der Waals surface area contributed by atoms with Crippen molar-refractivity contribution in [3.05, 3.63) is 60.8 Å². The SMILES string of the molecule is CC/C=C\C/C=C\C/C=C\C/C=C\CCCCCCCCCCC(=O)OC(COC(=O)CCCCCCCCCCCCCCCCCCC/C=C\CCCCCCCCCC)COC(OCC[N+](C)(C)C)C(=O)[O-]. The van der Waals surface area contributed by atoms with Gasteiger partial charge in [0.1, 0.15) is 13.2 Å². The van der Waals surface area contributed by atoms with Gasteiger partial charge in [-0.2, -0.15) is 0 Å². The lowest BCUT2D eigenvalue weighted by molar-refractivity contribution is -0.870. The van der Waals surface area contributed by atoms with Crippen LogP contribution in [0, 0.1) is 0 Å². The van der Waals surface area contributed by atoms with E-state index >= 15 is 0 Å². The number of likely N-dealkylation sites (N-methyl/N-ethyl adjacent to an activating group) is 1. The summed E-state index contributed by atoms with van der Waals surface area (Å²) >= 11 is 0. The first-order valence-electron chi connectivity index (χ1n) is 31.4. The molecule has 0 heterocycles. The standard InChI is InChI=1S/C66H119NO8/c1-6-8-10-12-14-16-18-20-22-24-26-28-29-30-31-32-33-34-35-37-38-40-42-44-46-48-50-52-54-56-63(68)73-60-62(61-74-66(65(70)71)72-59-58-67(3,4)5)75-64(69)57-55-53-51-49-47-45-43-41-39-36-27-25-23-21-19-17-15-13-11-9-7-2/h9,11,15,17,21,23-24,26-27,36,62,66H,6-8,10,12-14,16,18-20,22,25,28-35,37-61H2,1-5H3/b11-9-,17-15-,23-21-,26-24-,36-27-. The second-order valence-corrected chi connectivity index (χ2v) is 22.3. The molecule has 2 atom stereocenters. The average molecular weight is 1050 g/mol. The number of nitrogens with zero attached hydrogens (tertiary/aromatic N) is 1. The van der Waals surface area contributed by atoms with Crippen LogP contribution in [-0.4, -0.2) is 82.3 Å². The molecule has 0 amide bonds. The monoisotopic (exact) mass is 1050 g/mol. The number of carboxylic acids is 1. The van der Waals surface area contributed by atoms with E-state index in [4.69, 9.17) is 18.9 Å². The summed E-state index contributed by atoms with van der Waals surface area (Å²) < 4.78 is 22.7. The van der Waals surface area contributed by atoms with E-state index < -0.39 is 24.3 Å². The van der Waals surface area contributed by atoms with Gasteiger partial charge in [0.15, 0.2) is 12.4 Å². The van der Waals surface area contributed by atoms with Crippen LogP contribution in [0.2, 0.25) is 0 Å². The maximum absolute atomic E-state index is 12.9. The molecule has 0 aromatic rings. The minimum Gasteiger partial charge on any atom is -0.545 e. The Labute approximate surface area is 463 Å². The summed E-state index contributed by atoms with van der Waals surface area (Å²) in [6.45, 7) is 4.66. The summed E-state index contributed by atoms with van der Waals surface area (Å²) in [6, 6.07) is 0. The van der Waals surface area contributed by atoms with E-state index in [0.717, 1.165) is 70.6 Å². The number of carboxylic acid groups (broad SMARTS) is 1. The van der Waals surface area contributed by atoms with Crippen LogP contribution in [0.4, 0.5) is 0 Å². The van der Waals surface area contributed by atoms with E-state index in [1.165, 1.54) is 180 Å². The van der Waals surface area contributed by atoms with Crippen LogP contribution in [0.15, 0.2) is 60.8 Å². The molecule has 0 rings (SSSR count). The molecule has 75 heavy (non-hydrogen) atoms. The molecule has 0 aliphatic carbocycles. The number of rotatable bonds is 58. The lowest BCUT2D eigenvalue weighted by Gasteiger charge is -2.26. The quantitative estimate of drug-likeness (QED) is 0.0195. The van der Waals surface area contributed by atoms with Crippen LogP contribution in [-0.2, 0) is 33.3 Å². The predicted molar refractivity (Wildman–Crippen MR) is 315 cm³/mol. The van der Waals surface area contributed by atoms with Crippen molar-refractivity contribution in [2.24, 2.45) is 0 Å². The minimum absolute atomic E-state index is 0.145. The smallest absolute Gasteiger partial charge is 0.306 e. The molecule has 436 valence electrons. The number of quaternary nitrogens is 1. The molecule has 0 saturated carbocycles. The number of unbranched alkanes of at least 4 members (excludes halogenated alkanes) is 33. The van der Waals surface area contributed by atoms with Gasteiger partial charge in [0.2, 0.25) is 0 Å². The topological polar surface area (TPSA) is 111 Å². The lowest BCUT2D eigenvalue weighted by atomic mass is 10.0. The molecular weight excluding hydrogens is 935 g/mol. The van der Waals surface area contributed by atoms with Crippen molar-refractivity contribution in [1.82, 2.24) is 0 Å². The van der Waals surface area contributed by atoms with Crippen molar-refractivity contribution in [2.45, 2.75) is 296 Å². The van der Waals surface area contributed by atoms with Crippen molar-refractivity contribution in [2.75, 3.05) is 47.5 Å². The van der Waals surface area contributed by atoms with E-state index in [9.17, 15) is 19.5 Å². The maximum atomic E-state index is 12.9. The van der Waals surface area contributed by atoms with E-state index in [0.29, 0.717) is 23.9 Å². The molecular formula is C66H119NO8. The van der Waals surface area contributed by atoms with Crippen LogP contribution >= 0.6 is 0 Å². The van der Waals surface area contributed by atoms with Gasteiger partial charge in [0.25, 0.3) is 0 Å². The molecule has 0 aromatic heterocycles. The highest BCUT2D eigenvalue weighted by molar-refractivity contribution is 5.70. The predicted octanol–water partition coefficient (Wildman–Crippen LogP) is 17.5. The molecule has 0 spiro atoms. The molecule has 0 aromatic carbocycles. The van der Waals surface area contributed by atoms with Crippen molar-refractivity contribution in [3.63, 3.8) is 0 Å². The summed E-state index contributed by atoms with van der Waals surface area (Å²) in [5.74, 6) is -2.28. The zero-order valence-electron chi connectivity index (χ0n) is 49.7. The molecule has 0 radical (unpaired) electrons. The Morgan fingerprint density at radius 3 is 1.15 bits per heavy atom. The third-order valence-electron chi connectivity index (χ3n) is 13.7. The molecule has 2 unspecified atom stereocenters. The van der Waals surface area contributed by atoms with Crippen LogP contribution in [0.25, 0.3) is 0 Å². The number of carbonyl (C=O) groups is 3. The fourth-order valence-electron chi connectivity index (χ4n) is 8.94. The zero-order chi connectivity index (χ0) is 54.8. The number of ether oxygens (including phenoxy) is 4. The first-order chi connectivity index (χ1) is 36.6. The second kappa shape index (κ2) is 57.2. The third-order valence-corrected chi connectivity index (χ3v) is 13.7. The zero-order valence-corrected chi connectivity index (χ0v) is 49.7. The lowest BCUT2D eigenvalue weighted by Crippen LogP contribution is -2.44. The molecule has 0 aliphatic heterocycles. The van der Waals surface area contributed by atoms with Crippen LogP contribution in [0.5, 0.6) is 0 Å². The molecule has 0 fully saturated rings. The van der Waals surface area contributed by atoms with Crippen molar-refractivity contribution in [1.29, 1.82) is 0 Å². The van der Waals surface area contributed by atoms with E-state index in [1.54, 1.807) is 0 Å². The maximum Gasteiger partial charge on any atom is 0.306 e. The van der Waals surface area contributed by atoms with E-state index in [1.807, 2.05) is 21.1 Å². The van der Waals surface area contributed by atoms with Crippen molar-refractivity contribution >= 4 is 17.9 Å². The van der Waals surface area contributed by atoms with Gasteiger partial charge in [-0.3, -0.25) is 9.59 Å². The van der Waals surface area contributed by atoms with Gasteiger partial charge in [0, 0.05) is 12.8 Å². The number of carbonyl (C=O) groups excluding carboxylic acids is 3. The first kappa shape index (κ1) is 72.0. The average Bonchev–Trinajstić information content (AvgIpc) is 3.38. The molecule has 0 bridgehead atoms. The van der Waals surface area contributed by atoms with Gasteiger partial charge in [0.05, 0.1) is 40.3 Å². The second-order valence-electron chi connectivity index (χ2n) is 22.3. The Bertz CT molecular complexity index is 1410. The van der Waals surface area contributed by atoms with Gasteiger partial charge in [-0.1, -0.05) is 254 Å². The van der Waals surface area contributed by atoms with Crippen LogP contribution in [0.1, 0.15) is 284 Å². The molecule has 0 aliphatic rings. The Balaban J connectivity index is 4.15. The Kier molecular flexibility index (Phi) is 54.9. The van der Waals surface area contributed by atoms with Crippen LogP contribution in [0.3, 0.4) is 0 Å². The highest BCUT2D eigenvalue weighted by Crippen LogP contribution is 2.17. The normalized spacial score (nSPS) is 13.1. The van der Waals surface area contributed by atoms with Crippen LogP contribution < -0.4 is 5.11 Å². The molecule has 0 saturated heterocycles. The number of hydrogen-bond acceptors (Lipinski definition) is 8. The van der Waals surface area contributed by atoms with Gasteiger partial charge in [-0.05, 0) is 77.0 Å². The van der Waals surface area contributed by atoms with Gasteiger partial charge in [-0.15, -0.1) is 0 Å². The summed E-state index contributed by atoms with van der Waals surface area (Å²) in [6.07, 6.45) is 70.0. The number of aliphatic carboxylic acids is 1. The van der Waals surface area contributed by atoms with E-state index in [-0.39, 0.29) is 32.2 Å². The molecule has 0 N–H and O–H groups in total. The summed E-state index contributed by atoms with van der Waals surface area (Å²) in [5.41, 5.74) is 0. The molecule has 9 nitrogen and oxygen atoms in total. The summed E-state index contributed by atoms with van der Waals surface area (Å²) in [7, 11) is 5.92. The number of hydrogen-bond donors (Lipinski definition) is 0. The Morgan fingerprint density at radius 2 is 0.760 bits per heavy atom. The highest BCUT2D eigenvalue weighted by Gasteiger charge is 2.22. The summed E-state index contributed by atoms with van der Waals surface area (Å²) in [4.78, 5) is 37.4. The molecule has 9 heteroatoms. The number of allylic oxidation sites excluding steroid dienone is 10. The van der Waals surface area contributed by atoms with Crippen molar-refractivity contribution in [3.8, 4) is 0 Å². The van der Waals surface area contributed by atoms with Gasteiger partial charge in [-0.25, -0.2) is 0 Å². The minimum atomic E-state index is -1.62. The van der Waals surface area contributed by atoms with Gasteiger partial charge >= 0.3 is 11.9 Å². The third kappa shape index (κ3) is 58.5. The van der Waals surface area contributed by atoms with E-state index in [2.05, 4.69) is 74.6 Å². The number of esters is 2. The highest BCUT2D eigenvalue weighted by atomic mass is 16.7. The Morgan fingerprint density at radius 1 is 0.413 bits per heavy atom. The fraction of sp³-hybridized carbons (Fsp3) is 0.803.